The third-order valence-electron chi connectivity index (χ3n) is 14.1. The Morgan fingerprint density at radius 2 is 0.558 bits per heavy atom. The van der Waals surface area contributed by atoms with E-state index in [9.17, 15) is 14.4 Å². The predicted molar refractivity (Wildman–Crippen MR) is 334 cm³/mol. The maximum atomic E-state index is 12.8. The average Bonchev–Trinajstić information content (AvgIpc) is 3.43. The van der Waals surface area contributed by atoms with E-state index < -0.39 is 12.1 Å². The molecule has 0 aromatic carbocycles. The number of hydrogen-bond donors (Lipinski definition) is 0. The van der Waals surface area contributed by atoms with Crippen LogP contribution in [0.4, 0.5) is 0 Å². The monoisotopic (exact) mass is 1070 g/mol. The normalized spacial score (nSPS) is 12.7. The molecular weight excluding hydrogens is 949 g/mol. The molecule has 0 aliphatic rings. The molecule has 0 amide bonds. The topological polar surface area (TPSA) is 78.9 Å². The lowest BCUT2D eigenvalue weighted by Crippen LogP contribution is -2.30. The number of carbonyl (C=O) groups excluding carboxylic acids is 3. The van der Waals surface area contributed by atoms with Gasteiger partial charge in [0.2, 0.25) is 0 Å². The van der Waals surface area contributed by atoms with Gasteiger partial charge in [0.15, 0.2) is 6.10 Å². The number of rotatable bonds is 59. The summed E-state index contributed by atoms with van der Waals surface area (Å²) in [5.74, 6) is -1.05. The van der Waals surface area contributed by atoms with E-state index in [1.165, 1.54) is 186 Å². The van der Waals surface area contributed by atoms with Gasteiger partial charge in [0.25, 0.3) is 0 Å². The molecule has 0 heterocycles. The SMILES string of the molecule is CC/C=C\C/C=C\C/C=C\C/C=C\C/C=C\CC(=O)OC(COC(=O)CCCCCCC/C=C\CCCC)COC(=O)CCCCCCCCCCCCCCCCCCCCCCC/C=C\C/C=C\CCCCCCC. The number of unbranched alkanes of at least 4 members (excludes halogenated alkanes) is 33. The molecule has 0 aromatic rings. The summed E-state index contributed by atoms with van der Waals surface area (Å²) in [6, 6.07) is 0. The molecule has 0 aliphatic heterocycles. The van der Waals surface area contributed by atoms with Crippen LogP contribution in [0.5, 0.6) is 0 Å². The third kappa shape index (κ3) is 63.0. The Balaban J connectivity index is 4.14. The molecule has 0 rings (SSSR count). The highest BCUT2D eigenvalue weighted by Crippen LogP contribution is 2.17. The van der Waals surface area contributed by atoms with Crippen LogP contribution in [-0.2, 0) is 28.6 Å². The van der Waals surface area contributed by atoms with Crippen LogP contribution in [-0.4, -0.2) is 37.2 Å². The first kappa shape index (κ1) is 73.3. The van der Waals surface area contributed by atoms with E-state index in [-0.39, 0.29) is 31.6 Å². The largest absolute Gasteiger partial charge is 0.462 e. The first-order valence-electron chi connectivity index (χ1n) is 32.7. The lowest BCUT2D eigenvalue weighted by molar-refractivity contribution is -0.166. The summed E-state index contributed by atoms with van der Waals surface area (Å²) in [7, 11) is 0. The number of carbonyl (C=O) groups is 3. The molecule has 0 bridgehead atoms. The van der Waals surface area contributed by atoms with E-state index in [4.69, 9.17) is 14.2 Å². The molecule has 0 radical (unpaired) electrons. The minimum Gasteiger partial charge on any atom is -0.462 e. The van der Waals surface area contributed by atoms with Gasteiger partial charge < -0.3 is 14.2 Å². The molecule has 0 N–H and O–H groups in total. The summed E-state index contributed by atoms with van der Waals surface area (Å²) in [4.78, 5) is 38.1. The number of esters is 3. The van der Waals surface area contributed by atoms with Crippen molar-refractivity contribution in [3.05, 3.63) is 97.2 Å². The van der Waals surface area contributed by atoms with E-state index in [1.807, 2.05) is 6.08 Å². The smallest absolute Gasteiger partial charge is 0.310 e. The highest BCUT2D eigenvalue weighted by Gasteiger charge is 2.19. The number of ether oxygens (including phenoxy) is 3. The summed E-state index contributed by atoms with van der Waals surface area (Å²) in [6.45, 7) is 6.40. The Morgan fingerprint density at radius 1 is 0.286 bits per heavy atom. The summed E-state index contributed by atoms with van der Waals surface area (Å²) >= 11 is 0. The maximum Gasteiger partial charge on any atom is 0.310 e. The average molecular weight is 1070 g/mol. The minimum atomic E-state index is -0.834. The van der Waals surface area contributed by atoms with Crippen LogP contribution in [0.3, 0.4) is 0 Å². The van der Waals surface area contributed by atoms with Crippen LogP contribution < -0.4 is 0 Å². The van der Waals surface area contributed by atoms with E-state index in [2.05, 4.69) is 106 Å². The molecule has 1 unspecified atom stereocenters. The molecule has 77 heavy (non-hydrogen) atoms. The van der Waals surface area contributed by atoms with Crippen LogP contribution in [0, 0.1) is 0 Å². The van der Waals surface area contributed by atoms with Gasteiger partial charge in [-0.05, 0) is 96.3 Å². The minimum absolute atomic E-state index is 0.0955. The highest BCUT2D eigenvalue weighted by atomic mass is 16.6. The van der Waals surface area contributed by atoms with E-state index in [0.717, 1.165) is 89.9 Å². The van der Waals surface area contributed by atoms with Gasteiger partial charge >= 0.3 is 17.9 Å². The second-order valence-corrected chi connectivity index (χ2v) is 21.7. The van der Waals surface area contributed by atoms with Crippen molar-refractivity contribution in [1.29, 1.82) is 0 Å². The molecule has 0 saturated carbocycles. The third-order valence-corrected chi connectivity index (χ3v) is 14.1. The molecule has 0 saturated heterocycles. The fourth-order valence-corrected chi connectivity index (χ4v) is 9.18. The zero-order valence-electron chi connectivity index (χ0n) is 50.7. The van der Waals surface area contributed by atoms with Gasteiger partial charge in [-0.1, -0.05) is 298 Å². The predicted octanol–water partition coefficient (Wildman–Crippen LogP) is 22.4. The van der Waals surface area contributed by atoms with E-state index >= 15 is 0 Å². The Morgan fingerprint density at radius 3 is 0.909 bits per heavy atom. The zero-order valence-corrected chi connectivity index (χ0v) is 50.7. The van der Waals surface area contributed by atoms with Crippen LogP contribution in [0.1, 0.15) is 316 Å². The lowest BCUT2D eigenvalue weighted by atomic mass is 10.0. The van der Waals surface area contributed by atoms with Crippen molar-refractivity contribution in [2.24, 2.45) is 0 Å². The van der Waals surface area contributed by atoms with Crippen molar-refractivity contribution in [2.45, 2.75) is 322 Å². The van der Waals surface area contributed by atoms with Gasteiger partial charge in [-0.25, -0.2) is 0 Å². The molecule has 1 atom stereocenters. The van der Waals surface area contributed by atoms with Crippen molar-refractivity contribution < 1.29 is 28.6 Å². The number of hydrogen-bond acceptors (Lipinski definition) is 6. The van der Waals surface area contributed by atoms with Crippen molar-refractivity contribution in [2.75, 3.05) is 13.2 Å². The summed E-state index contributed by atoms with van der Waals surface area (Å²) < 4.78 is 16.8. The molecule has 6 heteroatoms. The van der Waals surface area contributed by atoms with Gasteiger partial charge in [-0.3, -0.25) is 14.4 Å². The summed E-state index contributed by atoms with van der Waals surface area (Å²) in [5.41, 5.74) is 0. The van der Waals surface area contributed by atoms with Crippen LogP contribution in [0.25, 0.3) is 0 Å². The van der Waals surface area contributed by atoms with Crippen LogP contribution >= 0.6 is 0 Å². The molecule has 0 aliphatic carbocycles. The molecular formula is C71H122O6. The van der Waals surface area contributed by atoms with E-state index in [0.29, 0.717) is 12.8 Å². The lowest BCUT2D eigenvalue weighted by Gasteiger charge is -2.18. The van der Waals surface area contributed by atoms with E-state index in [1.54, 1.807) is 6.08 Å². The summed E-state index contributed by atoms with van der Waals surface area (Å²) in [6.07, 6.45) is 87.6. The quantitative estimate of drug-likeness (QED) is 0.0261. The second kappa shape index (κ2) is 64.9. The van der Waals surface area contributed by atoms with Crippen molar-refractivity contribution >= 4 is 17.9 Å². The maximum absolute atomic E-state index is 12.8. The zero-order chi connectivity index (χ0) is 55.7. The summed E-state index contributed by atoms with van der Waals surface area (Å²) in [5, 5.41) is 0. The van der Waals surface area contributed by atoms with Gasteiger partial charge in [-0.2, -0.15) is 0 Å². The first-order valence-corrected chi connectivity index (χ1v) is 32.7. The highest BCUT2D eigenvalue weighted by molar-refractivity contribution is 5.72. The Kier molecular flexibility index (Phi) is 61.8. The Bertz CT molecular complexity index is 1510. The van der Waals surface area contributed by atoms with Gasteiger partial charge in [0.05, 0.1) is 6.42 Å². The Hall–Kier alpha value is -3.67. The van der Waals surface area contributed by atoms with Crippen molar-refractivity contribution in [1.82, 2.24) is 0 Å². The van der Waals surface area contributed by atoms with Gasteiger partial charge in [0.1, 0.15) is 13.2 Å². The molecule has 442 valence electrons. The Labute approximate surface area is 477 Å². The van der Waals surface area contributed by atoms with Crippen LogP contribution in [0.2, 0.25) is 0 Å². The molecule has 0 spiro atoms. The fraction of sp³-hybridized carbons (Fsp3) is 0.732. The first-order chi connectivity index (χ1) is 38.0. The van der Waals surface area contributed by atoms with Crippen molar-refractivity contribution in [3.8, 4) is 0 Å². The van der Waals surface area contributed by atoms with Crippen molar-refractivity contribution in [3.63, 3.8) is 0 Å². The van der Waals surface area contributed by atoms with Crippen LogP contribution in [0.15, 0.2) is 97.2 Å². The fourth-order valence-electron chi connectivity index (χ4n) is 9.18. The van der Waals surface area contributed by atoms with Gasteiger partial charge in [0, 0.05) is 12.8 Å². The molecule has 0 aromatic heterocycles. The standard InChI is InChI=1S/C71H122O6/c1-4-7-10-13-16-19-22-24-26-27-28-29-30-31-32-33-34-35-36-37-38-39-40-41-42-43-45-46-49-52-55-58-61-64-70(73)76-67-68(66-75-69(72)63-60-57-54-51-48-21-18-15-12-9-6-3)77-71(74)65-62-59-56-53-50-47-44-25-23-20-17-14-11-8-5-2/h8,11,15,17-18,20,22,24-25,27-28,44,50,53,59,62,68H,4-7,9-10,12-14,16,19,21,23,26,29-43,45-49,51-52,54-58,60-61,63-67H2,1-3H3/b11-8-,18-15-,20-17-,24-22-,28-27-,44-25-,53-50-,62-59-. The molecule has 0 fully saturated rings. The van der Waals surface area contributed by atoms with Gasteiger partial charge in [-0.15, -0.1) is 0 Å². The second-order valence-electron chi connectivity index (χ2n) is 21.7. The number of allylic oxidation sites excluding steroid dienone is 15. The molecule has 6 nitrogen and oxygen atoms in total.